The zero-order valence-corrected chi connectivity index (χ0v) is 9.25. The molecule has 0 saturated heterocycles. The first-order chi connectivity index (χ1) is 8.58. The van der Waals surface area contributed by atoms with Crippen molar-refractivity contribution >= 4 is 28.5 Å². The Morgan fingerprint density at radius 3 is 2.61 bits per heavy atom. The Kier molecular flexibility index (Phi) is 3.09. The number of nitrogens with one attached hydrogen (secondary N) is 1. The molecule has 0 bridgehead atoms. The predicted octanol–water partition coefficient (Wildman–Crippen LogP) is 1.43. The highest BCUT2D eigenvalue weighted by molar-refractivity contribution is 5.97. The molecule has 0 aliphatic rings. The van der Waals surface area contributed by atoms with Crippen LogP contribution in [-0.2, 0) is 4.79 Å². The van der Waals surface area contributed by atoms with Gasteiger partial charge in [-0.05, 0) is 12.1 Å². The number of aromatic nitrogens is 1. The molecule has 0 radical (unpaired) electrons. The van der Waals surface area contributed by atoms with Gasteiger partial charge in [0.2, 0.25) is 0 Å². The minimum atomic E-state index is -1.15. The first-order valence-electron chi connectivity index (χ1n) is 5.16. The molecule has 0 atom stereocenters. The van der Waals surface area contributed by atoms with Gasteiger partial charge in [-0.15, -0.1) is 0 Å². The van der Waals surface area contributed by atoms with Crippen molar-refractivity contribution in [2.45, 2.75) is 0 Å². The fraction of sp³-hybridized carbons (Fsp3) is 0.0833. The van der Waals surface area contributed by atoms with Gasteiger partial charge in [-0.25, -0.2) is 9.78 Å². The van der Waals surface area contributed by atoms with E-state index in [1.807, 2.05) is 0 Å². The van der Waals surface area contributed by atoms with Gasteiger partial charge < -0.3 is 15.5 Å². The third-order valence-corrected chi connectivity index (χ3v) is 2.37. The van der Waals surface area contributed by atoms with Gasteiger partial charge in [-0.3, -0.25) is 4.79 Å². The summed E-state index contributed by atoms with van der Waals surface area (Å²) >= 11 is 0. The SMILES string of the molecule is O=C(O)CNc1cc(C(=O)O)nc2ccccc12. The summed E-state index contributed by atoms with van der Waals surface area (Å²) in [5, 5.41) is 20.9. The first-order valence-corrected chi connectivity index (χ1v) is 5.16. The number of carbonyl (C=O) groups is 2. The number of carboxylic acids is 2. The van der Waals surface area contributed by atoms with E-state index in [2.05, 4.69) is 10.3 Å². The zero-order chi connectivity index (χ0) is 13.1. The molecule has 92 valence electrons. The summed E-state index contributed by atoms with van der Waals surface area (Å²) in [7, 11) is 0. The molecule has 0 saturated carbocycles. The lowest BCUT2D eigenvalue weighted by Crippen LogP contribution is -2.13. The van der Waals surface area contributed by atoms with E-state index in [0.29, 0.717) is 16.6 Å². The molecule has 3 N–H and O–H groups in total. The summed E-state index contributed by atoms with van der Waals surface area (Å²) in [6.45, 7) is -0.285. The maximum Gasteiger partial charge on any atom is 0.354 e. The van der Waals surface area contributed by atoms with E-state index >= 15 is 0 Å². The van der Waals surface area contributed by atoms with Gasteiger partial charge in [0.1, 0.15) is 6.54 Å². The van der Waals surface area contributed by atoms with Crippen LogP contribution >= 0.6 is 0 Å². The second-order valence-electron chi connectivity index (χ2n) is 3.62. The number of para-hydroxylation sites is 1. The van der Waals surface area contributed by atoms with Crippen molar-refractivity contribution in [3.63, 3.8) is 0 Å². The number of pyridine rings is 1. The first kappa shape index (κ1) is 11.8. The Labute approximate surface area is 102 Å². The zero-order valence-electron chi connectivity index (χ0n) is 9.25. The molecular weight excluding hydrogens is 236 g/mol. The molecule has 2 rings (SSSR count). The summed E-state index contributed by atoms with van der Waals surface area (Å²) < 4.78 is 0. The largest absolute Gasteiger partial charge is 0.480 e. The molecule has 1 aromatic heterocycles. The van der Waals surface area contributed by atoms with Crippen LogP contribution in [-0.4, -0.2) is 33.7 Å². The molecule has 6 nitrogen and oxygen atoms in total. The Bertz CT molecular complexity index is 625. The van der Waals surface area contributed by atoms with E-state index in [1.165, 1.54) is 6.07 Å². The minimum Gasteiger partial charge on any atom is -0.480 e. The van der Waals surface area contributed by atoms with Crippen LogP contribution in [0, 0.1) is 0 Å². The van der Waals surface area contributed by atoms with Crippen molar-refractivity contribution in [1.29, 1.82) is 0 Å². The number of anilines is 1. The number of benzene rings is 1. The molecule has 2 aromatic rings. The highest BCUT2D eigenvalue weighted by atomic mass is 16.4. The number of aromatic carboxylic acids is 1. The molecule has 0 spiro atoms. The maximum absolute atomic E-state index is 10.9. The molecule has 0 aliphatic carbocycles. The van der Waals surface area contributed by atoms with Gasteiger partial charge >= 0.3 is 11.9 Å². The predicted molar refractivity (Wildman–Crippen MR) is 64.8 cm³/mol. The van der Waals surface area contributed by atoms with Crippen molar-refractivity contribution in [3.05, 3.63) is 36.0 Å². The van der Waals surface area contributed by atoms with E-state index in [4.69, 9.17) is 10.2 Å². The molecule has 1 heterocycles. The van der Waals surface area contributed by atoms with E-state index in [0.717, 1.165) is 0 Å². The lowest BCUT2D eigenvalue weighted by molar-refractivity contribution is -0.134. The van der Waals surface area contributed by atoms with E-state index in [1.54, 1.807) is 24.3 Å². The molecule has 0 unspecified atom stereocenters. The van der Waals surface area contributed by atoms with Crippen molar-refractivity contribution in [2.24, 2.45) is 0 Å². The third-order valence-electron chi connectivity index (χ3n) is 2.37. The molecule has 0 fully saturated rings. The third kappa shape index (κ3) is 2.37. The minimum absolute atomic E-state index is 0.124. The van der Waals surface area contributed by atoms with Crippen molar-refractivity contribution in [2.75, 3.05) is 11.9 Å². The lowest BCUT2D eigenvalue weighted by Gasteiger charge is -2.08. The molecule has 18 heavy (non-hydrogen) atoms. The van der Waals surface area contributed by atoms with Crippen molar-refractivity contribution in [1.82, 2.24) is 4.98 Å². The van der Waals surface area contributed by atoms with Crippen LogP contribution in [0.25, 0.3) is 10.9 Å². The van der Waals surface area contributed by atoms with Gasteiger partial charge in [-0.1, -0.05) is 18.2 Å². The summed E-state index contributed by atoms with van der Waals surface area (Å²) in [6.07, 6.45) is 0. The van der Waals surface area contributed by atoms with Crippen LogP contribution < -0.4 is 5.32 Å². The van der Waals surface area contributed by atoms with Gasteiger partial charge in [0.15, 0.2) is 5.69 Å². The maximum atomic E-state index is 10.9. The fourth-order valence-electron chi connectivity index (χ4n) is 1.60. The number of carboxylic acid groups (broad SMARTS) is 2. The Balaban J connectivity index is 2.53. The average Bonchev–Trinajstić information content (AvgIpc) is 2.35. The highest BCUT2D eigenvalue weighted by Gasteiger charge is 2.10. The summed E-state index contributed by atoms with van der Waals surface area (Å²) in [6, 6.07) is 8.26. The molecular formula is C12H10N2O4. The van der Waals surface area contributed by atoms with Gasteiger partial charge in [0.05, 0.1) is 5.52 Å². The Morgan fingerprint density at radius 1 is 1.22 bits per heavy atom. The number of nitrogens with zero attached hydrogens (tertiary/aromatic N) is 1. The number of fused-ring (bicyclic) bond motifs is 1. The molecule has 1 aromatic carbocycles. The van der Waals surface area contributed by atoms with Crippen molar-refractivity contribution in [3.8, 4) is 0 Å². The van der Waals surface area contributed by atoms with Crippen LogP contribution in [0.1, 0.15) is 10.5 Å². The second kappa shape index (κ2) is 4.70. The number of rotatable bonds is 4. The summed E-state index contributed by atoms with van der Waals surface area (Å²) in [5.41, 5.74) is 0.826. The Morgan fingerprint density at radius 2 is 1.94 bits per heavy atom. The van der Waals surface area contributed by atoms with Gasteiger partial charge in [0.25, 0.3) is 0 Å². The smallest absolute Gasteiger partial charge is 0.354 e. The van der Waals surface area contributed by atoms with Crippen LogP contribution in [0.3, 0.4) is 0 Å². The number of aliphatic carboxylic acids is 1. The number of hydrogen-bond donors (Lipinski definition) is 3. The van der Waals surface area contributed by atoms with E-state index < -0.39 is 11.9 Å². The van der Waals surface area contributed by atoms with Gasteiger partial charge in [-0.2, -0.15) is 0 Å². The monoisotopic (exact) mass is 246 g/mol. The van der Waals surface area contributed by atoms with Crippen LogP contribution in [0.5, 0.6) is 0 Å². The van der Waals surface area contributed by atoms with E-state index in [9.17, 15) is 9.59 Å². The Hall–Kier alpha value is -2.63. The highest BCUT2D eigenvalue weighted by Crippen LogP contribution is 2.22. The standard InChI is InChI=1S/C12H10N2O4/c15-11(16)6-13-9-5-10(12(17)18)14-8-4-2-1-3-7(8)9/h1-5H,6H2,(H,13,14)(H,15,16)(H,17,18). The second-order valence-corrected chi connectivity index (χ2v) is 3.62. The van der Waals surface area contributed by atoms with E-state index in [-0.39, 0.29) is 12.2 Å². The summed E-state index contributed by atoms with van der Waals surface area (Å²) in [4.78, 5) is 25.4. The van der Waals surface area contributed by atoms with Crippen LogP contribution in [0.4, 0.5) is 5.69 Å². The number of hydrogen-bond acceptors (Lipinski definition) is 4. The molecule has 0 aliphatic heterocycles. The fourth-order valence-corrected chi connectivity index (χ4v) is 1.60. The normalized spacial score (nSPS) is 10.2. The lowest BCUT2D eigenvalue weighted by atomic mass is 10.1. The topological polar surface area (TPSA) is 99.5 Å². The molecule has 0 amide bonds. The summed E-state index contributed by atoms with van der Waals surface area (Å²) in [5.74, 6) is -2.17. The average molecular weight is 246 g/mol. The van der Waals surface area contributed by atoms with Gasteiger partial charge in [0, 0.05) is 11.1 Å². The van der Waals surface area contributed by atoms with Crippen LogP contribution in [0.15, 0.2) is 30.3 Å². The van der Waals surface area contributed by atoms with Crippen molar-refractivity contribution < 1.29 is 19.8 Å². The van der Waals surface area contributed by atoms with Crippen LogP contribution in [0.2, 0.25) is 0 Å². The molecule has 6 heteroatoms. The quantitative estimate of drug-likeness (QED) is 0.754.